The van der Waals surface area contributed by atoms with Crippen LogP contribution in [0.2, 0.25) is 0 Å². The third-order valence-electron chi connectivity index (χ3n) is 9.72. The van der Waals surface area contributed by atoms with Crippen molar-refractivity contribution in [1.82, 2.24) is 0 Å². The van der Waals surface area contributed by atoms with Gasteiger partial charge in [0.25, 0.3) is 0 Å². The van der Waals surface area contributed by atoms with Gasteiger partial charge in [-0.1, -0.05) is 152 Å². The first-order chi connectivity index (χ1) is 27.6. The minimum absolute atomic E-state index is 0.0304. The first kappa shape index (κ1) is 53.1. The molecule has 12 nitrogen and oxygen atoms in total. The SMILES string of the molecule is CC/C=C\C/C=C\C/C=C\C/C=C\CCCCCCCCC(=O)OC(COCCCCCCCCCCCCC)COC1OC(CO)C(O)C(OS(=O)(=O)O)C1O. The number of hydrogen-bond acceptors (Lipinski definition) is 11. The molecule has 0 aromatic heterocycles. The highest BCUT2D eigenvalue weighted by molar-refractivity contribution is 7.80. The summed E-state index contributed by atoms with van der Waals surface area (Å²) in [7, 11) is -5.06. The van der Waals surface area contributed by atoms with E-state index in [4.69, 9.17) is 23.5 Å². The van der Waals surface area contributed by atoms with Gasteiger partial charge >= 0.3 is 16.4 Å². The summed E-state index contributed by atoms with van der Waals surface area (Å²) >= 11 is 0. The molecule has 57 heavy (non-hydrogen) atoms. The number of rotatable bonds is 37. The standard InChI is InChI=1S/C44H78O12S/c1-3-5-7-9-11-13-15-16-17-18-19-20-21-22-23-25-27-29-31-33-40(46)54-38(36-52-34-32-30-28-26-24-14-12-10-8-6-4-2)37-53-44-42(48)43(56-57(49,50)51)41(47)39(35-45)55-44/h5,7,11,13,16-17,19-20,38-39,41-45,47-48H,3-4,6,8-10,12,14-15,18,21-37H2,1-2H3,(H,49,50,51)/b7-5-,13-11-,17-16-,20-19-. The van der Waals surface area contributed by atoms with Crippen molar-refractivity contribution in [2.45, 2.75) is 198 Å². The average Bonchev–Trinajstić information content (AvgIpc) is 3.18. The van der Waals surface area contributed by atoms with Gasteiger partial charge in [0, 0.05) is 13.0 Å². The van der Waals surface area contributed by atoms with Crippen molar-refractivity contribution < 1.29 is 56.2 Å². The predicted molar refractivity (Wildman–Crippen MR) is 225 cm³/mol. The van der Waals surface area contributed by atoms with Gasteiger partial charge in [0.15, 0.2) is 6.29 Å². The van der Waals surface area contributed by atoms with Gasteiger partial charge in [-0.2, -0.15) is 8.42 Å². The van der Waals surface area contributed by atoms with E-state index in [0.717, 1.165) is 83.5 Å². The number of carbonyl (C=O) groups is 1. The van der Waals surface area contributed by atoms with Gasteiger partial charge in [0.2, 0.25) is 0 Å². The topological polar surface area (TPSA) is 178 Å². The van der Waals surface area contributed by atoms with Gasteiger partial charge in [-0.05, 0) is 51.4 Å². The zero-order chi connectivity index (χ0) is 41.8. The molecule has 1 aliphatic rings. The number of aliphatic hydroxyl groups is 3. The van der Waals surface area contributed by atoms with Crippen LogP contribution in [0.25, 0.3) is 0 Å². The van der Waals surface area contributed by atoms with E-state index in [0.29, 0.717) is 13.0 Å². The van der Waals surface area contributed by atoms with Gasteiger partial charge in [-0.25, -0.2) is 4.18 Å². The van der Waals surface area contributed by atoms with E-state index in [1.807, 2.05) is 0 Å². The van der Waals surface area contributed by atoms with Crippen molar-refractivity contribution in [1.29, 1.82) is 0 Å². The molecule has 6 atom stereocenters. The van der Waals surface area contributed by atoms with Crippen molar-refractivity contribution in [3.05, 3.63) is 48.6 Å². The zero-order valence-corrected chi connectivity index (χ0v) is 36.0. The molecule has 0 radical (unpaired) electrons. The number of aliphatic hydroxyl groups excluding tert-OH is 3. The fourth-order valence-electron chi connectivity index (χ4n) is 6.43. The molecule has 13 heteroatoms. The minimum Gasteiger partial charge on any atom is -0.457 e. The van der Waals surface area contributed by atoms with Crippen LogP contribution in [0, 0.1) is 0 Å². The molecule has 0 spiro atoms. The van der Waals surface area contributed by atoms with Crippen molar-refractivity contribution in [3.8, 4) is 0 Å². The summed E-state index contributed by atoms with van der Waals surface area (Å²) < 4.78 is 58.9. The van der Waals surface area contributed by atoms with Gasteiger partial charge in [0.1, 0.15) is 30.5 Å². The number of esters is 1. The molecular weight excluding hydrogens is 753 g/mol. The molecule has 332 valence electrons. The van der Waals surface area contributed by atoms with E-state index in [1.165, 1.54) is 51.4 Å². The lowest BCUT2D eigenvalue weighted by Crippen LogP contribution is -2.60. The van der Waals surface area contributed by atoms with E-state index < -0.39 is 59.8 Å². The highest BCUT2D eigenvalue weighted by Crippen LogP contribution is 2.26. The van der Waals surface area contributed by atoms with Crippen LogP contribution in [0.3, 0.4) is 0 Å². The van der Waals surface area contributed by atoms with Crippen LogP contribution in [0.15, 0.2) is 48.6 Å². The molecule has 1 saturated heterocycles. The van der Waals surface area contributed by atoms with E-state index in [9.17, 15) is 28.5 Å². The number of allylic oxidation sites excluding steroid dienone is 8. The summed E-state index contributed by atoms with van der Waals surface area (Å²) in [5.41, 5.74) is 0. The molecule has 6 unspecified atom stereocenters. The van der Waals surface area contributed by atoms with Crippen molar-refractivity contribution in [3.63, 3.8) is 0 Å². The van der Waals surface area contributed by atoms with Gasteiger partial charge in [-0.15, -0.1) is 0 Å². The number of unbranched alkanes of at least 4 members (excludes halogenated alkanes) is 16. The molecule has 1 fully saturated rings. The van der Waals surface area contributed by atoms with Crippen LogP contribution in [0.1, 0.15) is 162 Å². The molecule has 0 amide bonds. The molecule has 0 aromatic carbocycles. The van der Waals surface area contributed by atoms with Crippen LogP contribution in [0.5, 0.6) is 0 Å². The Hall–Kier alpha value is -1.94. The van der Waals surface area contributed by atoms with Gasteiger partial charge in [-0.3, -0.25) is 9.35 Å². The summed E-state index contributed by atoms with van der Waals surface area (Å²) in [6.45, 7) is 3.84. The molecule has 4 N–H and O–H groups in total. The van der Waals surface area contributed by atoms with Gasteiger partial charge < -0.3 is 34.3 Å². The van der Waals surface area contributed by atoms with Crippen LogP contribution >= 0.6 is 0 Å². The Morgan fingerprint density at radius 3 is 1.77 bits per heavy atom. The monoisotopic (exact) mass is 831 g/mol. The molecule has 1 aliphatic heterocycles. The number of carbonyl (C=O) groups excluding carboxylic acids is 1. The van der Waals surface area contributed by atoms with Crippen LogP contribution < -0.4 is 0 Å². The molecule has 0 saturated carbocycles. The van der Waals surface area contributed by atoms with E-state index >= 15 is 0 Å². The lowest BCUT2D eigenvalue weighted by atomic mass is 9.99. The Bertz CT molecular complexity index is 1190. The quantitative estimate of drug-likeness (QED) is 0.0203. The fraction of sp³-hybridized carbons (Fsp3) is 0.795. The lowest BCUT2D eigenvalue weighted by molar-refractivity contribution is -0.301. The summed E-state index contributed by atoms with van der Waals surface area (Å²) in [6.07, 6.45) is 32.9. The maximum Gasteiger partial charge on any atom is 0.397 e. The molecule has 0 aliphatic carbocycles. The second-order valence-electron chi connectivity index (χ2n) is 14.9. The zero-order valence-electron chi connectivity index (χ0n) is 35.1. The summed E-state index contributed by atoms with van der Waals surface area (Å²) in [4.78, 5) is 12.8. The predicted octanol–water partition coefficient (Wildman–Crippen LogP) is 8.80. The Morgan fingerprint density at radius 2 is 1.21 bits per heavy atom. The Labute approximate surface area is 345 Å². The fourth-order valence-corrected chi connectivity index (χ4v) is 6.94. The normalized spacial score (nSPS) is 21.1. The molecule has 1 heterocycles. The number of ether oxygens (including phenoxy) is 4. The number of hydrogen-bond donors (Lipinski definition) is 4. The third-order valence-corrected chi connectivity index (χ3v) is 10.2. The lowest BCUT2D eigenvalue weighted by Gasteiger charge is -2.41. The maximum atomic E-state index is 12.8. The first-order valence-electron chi connectivity index (χ1n) is 21.9. The second-order valence-corrected chi connectivity index (χ2v) is 16.0. The van der Waals surface area contributed by atoms with Crippen molar-refractivity contribution in [2.75, 3.05) is 26.4 Å². The second kappa shape index (κ2) is 36.0. The Kier molecular flexibility index (Phi) is 33.5. The maximum absolute atomic E-state index is 12.8. The minimum atomic E-state index is -5.06. The smallest absolute Gasteiger partial charge is 0.397 e. The molecular formula is C44H78O12S. The van der Waals surface area contributed by atoms with Crippen LogP contribution in [0.4, 0.5) is 0 Å². The van der Waals surface area contributed by atoms with Crippen LogP contribution in [-0.4, -0.2) is 97.5 Å². The Morgan fingerprint density at radius 1 is 0.684 bits per heavy atom. The first-order valence-corrected chi connectivity index (χ1v) is 23.3. The average molecular weight is 831 g/mol. The van der Waals surface area contributed by atoms with E-state index in [1.54, 1.807) is 0 Å². The molecule has 0 aromatic rings. The highest BCUT2D eigenvalue weighted by Gasteiger charge is 2.48. The van der Waals surface area contributed by atoms with E-state index in [2.05, 4.69) is 66.6 Å². The van der Waals surface area contributed by atoms with E-state index in [-0.39, 0.29) is 19.6 Å². The summed E-state index contributed by atoms with van der Waals surface area (Å²) in [5.74, 6) is -0.414. The van der Waals surface area contributed by atoms with Crippen molar-refractivity contribution >= 4 is 16.4 Å². The van der Waals surface area contributed by atoms with Gasteiger partial charge in [0.05, 0.1) is 19.8 Å². The molecule has 1 rings (SSSR count). The summed E-state index contributed by atoms with van der Waals surface area (Å²) in [6, 6.07) is 0. The Balaban J connectivity index is 2.44. The highest BCUT2D eigenvalue weighted by atomic mass is 32.3. The molecule has 0 bridgehead atoms. The largest absolute Gasteiger partial charge is 0.457 e. The van der Waals surface area contributed by atoms with Crippen molar-refractivity contribution in [2.24, 2.45) is 0 Å². The summed E-state index contributed by atoms with van der Waals surface area (Å²) in [5, 5.41) is 30.6. The van der Waals surface area contributed by atoms with Crippen LogP contribution in [-0.2, 0) is 38.3 Å². The third kappa shape index (κ3) is 29.8.